The van der Waals surface area contributed by atoms with E-state index >= 15 is 0 Å². The number of rotatable bonds is 7. The predicted octanol–water partition coefficient (Wildman–Crippen LogP) is 3.95. The molecule has 1 aliphatic heterocycles. The van der Waals surface area contributed by atoms with Crippen LogP contribution < -0.4 is 14.8 Å². The van der Waals surface area contributed by atoms with Gasteiger partial charge in [-0.2, -0.15) is 0 Å². The van der Waals surface area contributed by atoms with Crippen molar-refractivity contribution in [2.24, 2.45) is 5.92 Å². The van der Waals surface area contributed by atoms with Crippen LogP contribution in [-0.4, -0.2) is 33.1 Å². The van der Waals surface area contributed by atoms with Gasteiger partial charge in [0.1, 0.15) is 6.61 Å². The van der Waals surface area contributed by atoms with E-state index in [0.29, 0.717) is 28.9 Å². The van der Waals surface area contributed by atoms with Crippen molar-refractivity contribution in [2.45, 2.75) is 32.8 Å². The van der Waals surface area contributed by atoms with E-state index in [1.807, 2.05) is 12.1 Å². The van der Waals surface area contributed by atoms with Crippen LogP contribution in [0.5, 0.6) is 11.5 Å². The second-order valence-electron chi connectivity index (χ2n) is 7.83. The summed E-state index contributed by atoms with van der Waals surface area (Å²) >= 11 is 0. The number of amides is 1. The number of carbonyl (C=O) groups excluding carboxylic acids is 1. The Morgan fingerprint density at radius 3 is 2.84 bits per heavy atom. The molecular formula is C23H25N5O3. The molecule has 2 heterocycles. The molecule has 2 aromatic carbocycles. The number of hydrogen-bond acceptors (Lipinski definition) is 6. The molecule has 0 aliphatic carbocycles. The van der Waals surface area contributed by atoms with Crippen LogP contribution in [0, 0.1) is 5.92 Å². The minimum atomic E-state index is -0.481. The van der Waals surface area contributed by atoms with E-state index in [9.17, 15) is 4.79 Å². The van der Waals surface area contributed by atoms with Crippen molar-refractivity contribution in [3.63, 3.8) is 0 Å². The number of hydrogen-bond donors (Lipinski definition) is 2. The Bertz CT molecular complexity index is 1050. The number of aromatic amines is 1. The molecular weight excluding hydrogens is 394 g/mol. The van der Waals surface area contributed by atoms with Gasteiger partial charge in [0, 0.05) is 6.08 Å². The van der Waals surface area contributed by atoms with Crippen molar-refractivity contribution in [2.75, 3.05) is 11.9 Å². The van der Waals surface area contributed by atoms with E-state index in [1.165, 1.54) is 18.1 Å². The van der Waals surface area contributed by atoms with Gasteiger partial charge in [0.05, 0.1) is 5.69 Å². The third-order valence-corrected chi connectivity index (χ3v) is 4.97. The number of tetrazole rings is 1. The Kier molecular flexibility index (Phi) is 6.26. The van der Waals surface area contributed by atoms with Gasteiger partial charge in [0.15, 0.2) is 23.4 Å². The average molecular weight is 419 g/mol. The number of anilines is 1. The zero-order chi connectivity index (χ0) is 21.6. The van der Waals surface area contributed by atoms with Gasteiger partial charge >= 0.3 is 0 Å². The maximum atomic E-state index is 12.5. The molecule has 1 aromatic heterocycles. The molecule has 1 amide bonds. The van der Waals surface area contributed by atoms with Crippen LogP contribution in [0.2, 0.25) is 0 Å². The Morgan fingerprint density at radius 1 is 1.26 bits per heavy atom. The van der Waals surface area contributed by atoms with Crippen LogP contribution in [0.1, 0.15) is 43.3 Å². The van der Waals surface area contributed by atoms with E-state index < -0.39 is 6.10 Å². The molecule has 0 spiro atoms. The van der Waals surface area contributed by atoms with Crippen LogP contribution >= 0.6 is 0 Å². The fraction of sp³-hybridized carbons (Fsp3) is 0.304. The number of fused-ring (bicyclic) bond motifs is 1. The highest BCUT2D eigenvalue weighted by Gasteiger charge is 2.27. The van der Waals surface area contributed by atoms with E-state index in [-0.39, 0.29) is 12.5 Å². The number of para-hydroxylation sites is 1. The van der Waals surface area contributed by atoms with Crippen molar-refractivity contribution in [1.82, 2.24) is 20.6 Å². The maximum Gasteiger partial charge on any atom is 0.248 e. The number of nitrogens with one attached hydrogen (secondary N) is 2. The summed E-state index contributed by atoms with van der Waals surface area (Å²) in [5, 5.41) is 16.5. The largest absolute Gasteiger partial charge is 0.485 e. The highest BCUT2D eigenvalue weighted by atomic mass is 16.6. The number of aryl methyl sites for hydroxylation is 1. The van der Waals surface area contributed by atoms with Crippen LogP contribution in [0.3, 0.4) is 0 Å². The molecule has 160 valence electrons. The molecule has 8 nitrogen and oxygen atoms in total. The molecule has 8 heteroatoms. The topological polar surface area (TPSA) is 102 Å². The molecule has 0 fully saturated rings. The molecule has 4 rings (SSSR count). The Hall–Kier alpha value is -3.68. The lowest BCUT2D eigenvalue weighted by atomic mass is 10.0. The van der Waals surface area contributed by atoms with Gasteiger partial charge < -0.3 is 14.8 Å². The first-order valence-electron chi connectivity index (χ1n) is 10.3. The minimum absolute atomic E-state index is 0.260. The third kappa shape index (κ3) is 5.28. The minimum Gasteiger partial charge on any atom is -0.485 e. The standard InChI is InChI=1S/C23H25N5O3/c1-15(2)6-7-16-8-10-17(11-9-16)12-13-21(29)24-18-4-3-5-19-22(18)31-20(14-30-19)23-25-27-28-26-23/h3-5,8-13,15,20H,6-7,14H2,1-2H3,(H,24,29)(H,25,26,27,28). The second kappa shape index (κ2) is 9.42. The number of H-pyrrole nitrogens is 1. The summed E-state index contributed by atoms with van der Waals surface area (Å²) < 4.78 is 11.7. The molecule has 3 aromatic rings. The van der Waals surface area contributed by atoms with E-state index in [2.05, 4.69) is 51.9 Å². The fourth-order valence-electron chi connectivity index (χ4n) is 3.23. The lowest BCUT2D eigenvalue weighted by molar-refractivity contribution is -0.111. The molecule has 0 saturated heterocycles. The SMILES string of the molecule is CC(C)CCc1ccc(C=CC(=O)Nc2cccc3c2OC(c2nnn[nH]2)CO3)cc1. The molecule has 0 saturated carbocycles. The smallest absolute Gasteiger partial charge is 0.248 e. The van der Waals surface area contributed by atoms with E-state index in [0.717, 1.165) is 12.0 Å². The fourth-order valence-corrected chi connectivity index (χ4v) is 3.23. The molecule has 2 N–H and O–H groups in total. The van der Waals surface area contributed by atoms with Gasteiger partial charge in [-0.25, -0.2) is 5.10 Å². The van der Waals surface area contributed by atoms with Gasteiger partial charge in [0.2, 0.25) is 5.91 Å². The van der Waals surface area contributed by atoms with Gasteiger partial charge in [-0.3, -0.25) is 4.79 Å². The van der Waals surface area contributed by atoms with E-state index in [4.69, 9.17) is 9.47 Å². The number of aromatic nitrogens is 4. The summed E-state index contributed by atoms with van der Waals surface area (Å²) in [5.41, 5.74) is 2.80. The lowest BCUT2D eigenvalue weighted by Gasteiger charge is -2.26. The first kappa shape index (κ1) is 20.6. The first-order chi connectivity index (χ1) is 15.1. The second-order valence-corrected chi connectivity index (χ2v) is 7.83. The summed E-state index contributed by atoms with van der Waals surface area (Å²) in [7, 11) is 0. The van der Waals surface area contributed by atoms with Crippen LogP contribution in [0.15, 0.2) is 48.5 Å². The third-order valence-electron chi connectivity index (χ3n) is 4.97. The first-order valence-corrected chi connectivity index (χ1v) is 10.3. The number of benzene rings is 2. The van der Waals surface area contributed by atoms with Gasteiger partial charge in [-0.05, 0) is 58.5 Å². The van der Waals surface area contributed by atoms with Gasteiger partial charge in [0.25, 0.3) is 0 Å². The highest BCUT2D eigenvalue weighted by Crippen LogP contribution is 2.41. The molecule has 1 atom stereocenters. The molecule has 1 unspecified atom stereocenters. The zero-order valence-corrected chi connectivity index (χ0v) is 17.5. The van der Waals surface area contributed by atoms with Crippen LogP contribution in [0.4, 0.5) is 5.69 Å². The summed E-state index contributed by atoms with van der Waals surface area (Å²) in [6.45, 7) is 4.72. The molecule has 31 heavy (non-hydrogen) atoms. The lowest BCUT2D eigenvalue weighted by Crippen LogP contribution is -2.24. The van der Waals surface area contributed by atoms with Crippen LogP contribution in [0.25, 0.3) is 6.08 Å². The average Bonchev–Trinajstić information content (AvgIpc) is 3.32. The van der Waals surface area contributed by atoms with Gasteiger partial charge in [-0.15, -0.1) is 5.10 Å². The quantitative estimate of drug-likeness (QED) is 0.562. The summed E-state index contributed by atoms with van der Waals surface area (Å²) in [6, 6.07) is 13.6. The summed E-state index contributed by atoms with van der Waals surface area (Å²) in [4.78, 5) is 12.5. The maximum absolute atomic E-state index is 12.5. The Morgan fingerprint density at radius 2 is 2.10 bits per heavy atom. The normalized spacial score (nSPS) is 15.4. The predicted molar refractivity (Wildman–Crippen MR) is 117 cm³/mol. The summed E-state index contributed by atoms with van der Waals surface area (Å²) in [6.07, 6.45) is 5.04. The molecule has 0 radical (unpaired) electrons. The van der Waals surface area contributed by atoms with Crippen molar-refractivity contribution in [1.29, 1.82) is 0 Å². The van der Waals surface area contributed by atoms with Gasteiger partial charge in [-0.1, -0.05) is 44.2 Å². The van der Waals surface area contributed by atoms with Crippen molar-refractivity contribution >= 4 is 17.7 Å². The number of ether oxygens (including phenoxy) is 2. The number of carbonyl (C=O) groups is 1. The Balaban J connectivity index is 1.40. The Labute approximate surface area is 180 Å². The summed E-state index contributed by atoms with van der Waals surface area (Å²) in [5.74, 6) is 1.89. The van der Waals surface area contributed by atoms with Crippen molar-refractivity contribution in [3.05, 3.63) is 65.5 Å². The van der Waals surface area contributed by atoms with E-state index in [1.54, 1.807) is 24.3 Å². The van der Waals surface area contributed by atoms with Crippen molar-refractivity contribution in [3.8, 4) is 11.5 Å². The van der Waals surface area contributed by atoms with Crippen LogP contribution in [-0.2, 0) is 11.2 Å². The molecule has 0 bridgehead atoms. The van der Waals surface area contributed by atoms with Crippen molar-refractivity contribution < 1.29 is 14.3 Å². The zero-order valence-electron chi connectivity index (χ0n) is 17.5. The number of nitrogens with zero attached hydrogens (tertiary/aromatic N) is 3. The highest BCUT2D eigenvalue weighted by molar-refractivity contribution is 6.03. The monoisotopic (exact) mass is 419 g/mol. The molecule has 1 aliphatic rings.